The molecule has 0 unspecified atom stereocenters. The van der Waals surface area contributed by atoms with Gasteiger partial charge in [-0.3, -0.25) is 0 Å². The molecule has 0 fully saturated rings. The van der Waals surface area contributed by atoms with Crippen molar-refractivity contribution >= 4 is 11.7 Å². The SMILES string of the molecule is COC(=O)c1ccc([C@H]2Oc3c(OC)cccc3[C@H]3CC(c4ccc(F)cc4)=NN32)cc1. The van der Waals surface area contributed by atoms with Crippen molar-refractivity contribution in [2.45, 2.75) is 18.7 Å². The maximum Gasteiger partial charge on any atom is 0.337 e. The summed E-state index contributed by atoms with van der Waals surface area (Å²) in [5.41, 5.74) is 3.99. The summed E-state index contributed by atoms with van der Waals surface area (Å²) >= 11 is 0. The number of para-hydroxylation sites is 1. The second-order valence-electron chi connectivity index (χ2n) is 7.62. The van der Waals surface area contributed by atoms with E-state index in [-0.39, 0.29) is 11.9 Å². The van der Waals surface area contributed by atoms with Crippen molar-refractivity contribution in [1.82, 2.24) is 5.01 Å². The summed E-state index contributed by atoms with van der Waals surface area (Å²) in [6, 6.07) is 19.2. The molecule has 0 aliphatic carbocycles. The lowest BCUT2D eigenvalue weighted by Gasteiger charge is -2.38. The Kier molecular flexibility index (Phi) is 5.01. The van der Waals surface area contributed by atoms with Gasteiger partial charge in [-0.2, -0.15) is 5.10 Å². The van der Waals surface area contributed by atoms with Gasteiger partial charge in [0.15, 0.2) is 11.5 Å². The van der Waals surface area contributed by atoms with Gasteiger partial charge in [0.2, 0.25) is 6.23 Å². The number of carbonyl (C=O) groups excluding carboxylic acids is 1. The number of nitrogens with zero attached hydrogens (tertiary/aromatic N) is 2. The Morgan fingerprint density at radius 2 is 1.81 bits per heavy atom. The molecule has 2 atom stereocenters. The van der Waals surface area contributed by atoms with Crippen molar-refractivity contribution in [3.05, 3.63) is 94.8 Å². The molecule has 0 bridgehead atoms. The fraction of sp³-hybridized carbons (Fsp3) is 0.200. The van der Waals surface area contributed by atoms with Gasteiger partial charge in [0, 0.05) is 17.5 Å². The molecule has 7 heteroatoms. The van der Waals surface area contributed by atoms with Crippen LogP contribution in [0.3, 0.4) is 0 Å². The summed E-state index contributed by atoms with van der Waals surface area (Å²) < 4.78 is 30.2. The van der Waals surface area contributed by atoms with Crippen LogP contribution in [0.25, 0.3) is 0 Å². The Morgan fingerprint density at radius 1 is 1.06 bits per heavy atom. The van der Waals surface area contributed by atoms with Gasteiger partial charge in [0.1, 0.15) is 5.82 Å². The van der Waals surface area contributed by atoms with Crippen LogP contribution in [0.2, 0.25) is 0 Å². The quantitative estimate of drug-likeness (QED) is 0.551. The summed E-state index contributed by atoms with van der Waals surface area (Å²) in [4.78, 5) is 11.8. The second-order valence-corrected chi connectivity index (χ2v) is 7.62. The molecule has 6 nitrogen and oxygen atoms in total. The lowest BCUT2D eigenvalue weighted by molar-refractivity contribution is -0.0209. The molecule has 3 aromatic carbocycles. The molecule has 0 saturated heterocycles. The fourth-order valence-electron chi connectivity index (χ4n) is 4.18. The van der Waals surface area contributed by atoms with Crippen molar-refractivity contribution in [2.24, 2.45) is 5.10 Å². The zero-order valence-corrected chi connectivity index (χ0v) is 17.6. The first-order valence-corrected chi connectivity index (χ1v) is 10.2. The molecular formula is C25H21FN2O4. The molecule has 0 spiro atoms. The monoisotopic (exact) mass is 432 g/mol. The molecule has 0 amide bonds. The van der Waals surface area contributed by atoms with Crippen LogP contribution in [-0.4, -0.2) is 30.9 Å². The highest BCUT2D eigenvalue weighted by atomic mass is 19.1. The first-order chi connectivity index (χ1) is 15.6. The van der Waals surface area contributed by atoms with E-state index in [1.165, 1.54) is 19.2 Å². The summed E-state index contributed by atoms with van der Waals surface area (Å²) in [5, 5.41) is 6.79. The largest absolute Gasteiger partial charge is 0.493 e. The normalized spacial score (nSPS) is 18.8. The lowest BCUT2D eigenvalue weighted by atomic mass is 9.95. The van der Waals surface area contributed by atoms with Crippen LogP contribution in [-0.2, 0) is 4.74 Å². The van der Waals surface area contributed by atoms with Crippen molar-refractivity contribution in [3.8, 4) is 11.5 Å². The summed E-state index contributed by atoms with van der Waals surface area (Å²) in [7, 11) is 2.96. The van der Waals surface area contributed by atoms with Crippen LogP contribution in [0.1, 0.15) is 45.7 Å². The minimum Gasteiger partial charge on any atom is -0.493 e. The second kappa shape index (κ2) is 8.00. The van der Waals surface area contributed by atoms with Crippen molar-refractivity contribution < 1.29 is 23.4 Å². The number of hydrogen-bond donors (Lipinski definition) is 0. The number of hydrazone groups is 1. The van der Waals surface area contributed by atoms with E-state index in [1.54, 1.807) is 31.4 Å². The van der Waals surface area contributed by atoms with Crippen LogP contribution in [0.4, 0.5) is 4.39 Å². The van der Waals surface area contributed by atoms with Gasteiger partial charge >= 0.3 is 5.97 Å². The van der Waals surface area contributed by atoms with Gasteiger partial charge < -0.3 is 14.2 Å². The summed E-state index contributed by atoms with van der Waals surface area (Å²) in [6.07, 6.45) is 0.125. The molecule has 0 aromatic heterocycles. The minimum absolute atomic E-state index is 0.0702. The molecule has 0 saturated carbocycles. The van der Waals surface area contributed by atoms with Gasteiger partial charge in [-0.25, -0.2) is 14.2 Å². The van der Waals surface area contributed by atoms with Crippen LogP contribution in [0.15, 0.2) is 71.8 Å². The van der Waals surface area contributed by atoms with Crippen molar-refractivity contribution in [1.29, 1.82) is 0 Å². The van der Waals surface area contributed by atoms with Gasteiger partial charge in [0.05, 0.1) is 31.5 Å². The Morgan fingerprint density at radius 3 is 2.50 bits per heavy atom. The van der Waals surface area contributed by atoms with Crippen molar-refractivity contribution in [3.63, 3.8) is 0 Å². The van der Waals surface area contributed by atoms with E-state index in [2.05, 4.69) is 0 Å². The molecule has 162 valence electrons. The minimum atomic E-state index is -0.520. The standard InChI is InChI=1S/C25H21FN2O4/c1-30-22-5-3-4-19-21-14-20(15-10-12-18(26)13-11-15)27-28(21)24(32-23(19)22)16-6-8-17(9-7-16)25(29)31-2/h3-13,21,24H,14H2,1-2H3/t21-,24-/m1/s1. The molecular weight excluding hydrogens is 411 g/mol. The summed E-state index contributed by atoms with van der Waals surface area (Å²) in [6.45, 7) is 0. The third kappa shape index (κ3) is 3.36. The zero-order chi connectivity index (χ0) is 22.2. The number of halogens is 1. The molecule has 0 N–H and O–H groups in total. The predicted molar refractivity (Wildman–Crippen MR) is 116 cm³/mol. The highest BCUT2D eigenvalue weighted by Crippen LogP contribution is 2.50. The van der Waals surface area contributed by atoms with Crippen LogP contribution in [0.5, 0.6) is 11.5 Å². The maximum absolute atomic E-state index is 13.4. The molecule has 2 heterocycles. The third-order valence-corrected chi connectivity index (χ3v) is 5.79. The van der Waals surface area contributed by atoms with E-state index in [9.17, 15) is 9.18 Å². The average molecular weight is 432 g/mol. The van der Waals surface area contributed by atoms with Crippen LogP contribution in [0, 0.1) is 5.82 Å². The molecule has 3 aromatic rings. The van der Waals surface area contributed by atoms with Crippen LogP contribution >= 0.6 is 0 Å². The number of rotatable bonds is 4. The Labute approximate surface area is 184 Å². The fourth-order valence-corrected chi connectivity index (χ4v) is 4.18. The Bertz CT molecular complexity index is 1190. The van der Waals surface area contributed by atoms with E-state index in [4.69, 9.17) is 19.3 Å². The summed E-state index contributed by atoms with van der Waals surface area (Å²) in [5.74, 6) is 0.637. The van der Waals surface area contributed by atoms with Crippen molar-refractivity contribution in [2.75, 3.05) is 14.2 Å². The lowest BCUT2D eigenvalue weighted by Crippen LogP contribution is -2.33. The highest BCUT2D eigenvalue weighted by molar-refractivity contribution is 6.02. The molecule has 5 rings (SSSR count). The number of methoxy groups -OCH3 is 2. The van der Waals surface area contributed by atoms with E-state index >= 15 is 0 Å². The maximum atomic E-state index is 13.4. The number of esters is 1. The Hall–Kier alpha value is -3.87. The third-order valence-electron chi connectivity index (χ3n) is 5.79. The molecule has 2 aliphatic heterocycles. The Balaban J connectivity index is 1.57. The molecule has 2 aliphatic rings. The number of hydrogen-bond acceptors (Lipinski definition) is 6. The number of ether oxygens (including phenoxy) is 3. The zero-order valence-electron chi connectivity index (χ0n) is 17.6. The average Bonchev–Trinajstić information content (AvgIpc) is 3.29. The first-order valence-electron chi connectivity index (χ1n) is 10.2. The predicted octanol–water partition coefficient (Wildman–Crippen LogP) is 4.86. The smallest absolute Gasteiger partial charge is 0.337 e. The van der Waals surface area contributed by atoms with E-state index in [1.807, 2.05) is 35.3 Å². The van der Waals surface area contributed by atoms with E-state index < -0.39 is 12.2 Å². The van der Waals surface area contributed by atoms with Crippen LogP contribution < -0.4 is 9.47 Å². The highest BCUT2D eigenvalue weighted by Gasteiger charge is 2.42. The van der Waals surface area contributed by atoms with E-state index in [0.717, 1.165) is 22.4 Å². The first kappa shape index (κ1) is 20.1. The number of benzene rings is 3. The molecule has 0 radical (unpaired) electrons. The number of fused-ring (bicyclic) bond motifs is 3. The topological polar surface area (TPSA) is 60.4 Å². The van der Waals surface area contributed by atoms with Gasteiger partial charge in [-0.1, -0.05) is 36.4 Å². The van der Waals surface area contributed by atoms with Gasteiger partial charge in [0.25, 0.3) is 0 Å². The van der Waals surface area contributed by atoms with Gasteiger partial charge in [-0.15, -0.1) is 0 Å². The van der Waals surface area contributed by atoms with E-state index in [0.29, 0.717) is 23.5 Å². The molecule has 32 heavy (non-hydrogen) atoms. The van der Waals surface area contributed by atoms with Gasteiger partial charge in [-0.05, 0) is 35.9 Å². The number of carbonyl (C=O) groups is 1.